The molecule has 0 bridgehead atoms. The summed E-state index contributed by atoms with van der Waals surface area (Å²) in [5.41, 5.74) is 0.659. The Morgan fingerprint density at radius 2 is 1.72 bits per heavy atom. The molecule has 1 N–H and O–H groups in total. The van der Waals surface area contributed by atoms with E-state index in [2.05, 4.69) is 4.90 Å². The molecular weight excluding hydrogens is 336 g/mol. The summed E-state index contributed by atoms with van der Waals surface area (Å²) >= 11 is 0. The minimum Gasteiger partial charge on any atom is -0.389 e. The molecule has 2 atom stereocenters. The van der Waals surface area contributed by atoms with Gasteiger partial charge in [-0.3, -0.25) is 9.21 Å². The lowest BCUT2D eigenvalue weighted by atomic mass is 10.0. The predicted octanol–water partition coefficient (Wildman–Crippen LogP) is 2.36. The van der Waals surface area contributed by atoms with E-state index in [9.17, 15) is 13.5 Å². The lowest BCUT2D eigenvalue weighted by molar-refractivity contribution is 0.135. The van der Waals surface area contributed by atoms with Crippen molar-refractivity contribution < 1.29 is 13.5 Å². The van der Waals surface area contributed by atoms with Gasteiger partial charge < -0.3 is 5.11 Å². The lowest BCUT2D eigenvalue weighted by Gasteiger charge is -2.30. The van der Waals surface area contributed by atoms with E-state index in [1.807, 2.05) is 18.2 Å². The summed E-state index contributed by atoms with van der Waals surface area (Å²) in [5.74, 6) is 0. The Balaban J connectivity index is 1.59. The molecular formula is C19H28N2O3S. The van der Waals surface area contributed by atoms with Crippen molar-refractivity contribution in [3.63, 3.8) is 0 Å². The van der Waals surface area contributed by atoms with Crippen LogP contribution >= 0.6 is 0 Å². The molecule has 138 valence electrons. The van der Waals surface area contributed by atoms with E-state index in [4.69, 9.17) is 0 Å². The minimum atomic E-state index is -3.57. The van der Waals surface area contributed by atoms with Gasteiger partial charge in [-0.15, -0.1) is 0 Å². The molecule has 25 heavy (non-hydrogen) atoms. The van der Waals surface area contributed by atoms with Gasteiger partial charge in [-0.25, -0.2) is 8.42 Å². The number of β-amino-alcohol motifs (C(OH)–C–C–N with tert-alkyl or cyclic N) is 1. The fourth-order valence-corrected chi connectivity index (χ4v) is 7.18. The van der Waals surface area contributed by atoms with Crippen LogP contribution < -0.4 is 4.31 Å². The Hall–Kier alpha value is -1.11. The molecule has 0 radical (unpaired) electrons. The molecule has 1 saturated carbocycles. The summed E-state index contributed by atoms with van der Waals surface area (Å²) in [7, 11) is -3.57. The number of benzene rings is 1. The van der Waals surface area contributed by atoms with Crippen molar-refractivity contribution in [1.29, 1.82) is 0 Å². The van der Waals surface area contributed by atoms with Crippen LogP contribution in [0.4, 0.5) is 5.69 Å². The number of aliphatic hydroxyl groups excluding tert-OH is 1. The van der Waals surface area contributed by atoms with E-state index >= 15 is 0 Å². The van der Waals surface area contributed by atoms with Gasteiger partial charge in [0.15, 0.2) is 0 Å². The number of anilines is 1. The van der Waals surface area contributed by atoms with Gasteiger partial charge in [0.25, 0.3) is 0 Å². The summed E-state index contributed by atoms with van der Waals surface area (Å²) in [6, 6.07) is 9.66. The van der Waals surface area contributed by atoms with Crippen LogP contribution in [0.1, 0.15) is 44.9 Å². The molecule has 0 aromatic heterocycles. The highest BCUT2D eigenvalue weighted by molar-refractivity contribution is 7.94. The van der Waals surface area contributed by atoms with E-state index in [0.29, 0.717) is 24.7 Å². The van der Waals surface area contributed by atoms with Gasteiger partial charge >= 0.3 is 0 Å². The molecule has 1 spiro atoms. The van der Waals surface area contributed by atoms with Crippen molar-refractivity contribution in [3.05, 3.63) is 30.3 Å². The van der Waals surface area contributed by atoms with Crippen LogP contribution in [-0.4, -0.2) is 55.0 Å². The number of nitrogens with zero attached hydrogens (tertiary/aromatic N) is 2. The highest BCUT2D eigenvalue weighted by Crippen LogP contribution is 2.44. The van der Waals surface area contributed by atoms with Crippen LogP contribution in [0.15, 0.2) is 30.3 Å². The van der Waals surface area contributed by atoms with E-state index in [1.54, 1.807) is 12.1 Å². The van der Waals surface area contributed by atoms with Gasteiger partial charge in [0.05, 0.1) is 18.3 Å². The minimum absolute atomic E-state index is 0.171. The summed E-state index contributed by atoms with van der Waals surface area (Å²) < 4.78 is 27.1. The first kappa shape index (κ1) is 17.3. The van der Waals surface area contributed by atoms with Crippen molar-refractivity contribution in [1.82, 2.24) is 4.90 Å². The number of hydrogen-bond acceptors (Lipinski definition) is 4. The standard InChI is InChI=1S/C19H28N2O3S/c22-18-14-21(17-10-6-3-7-11-17)25(23,24)19(18)12-13-20(15-19)16-8-4-1-2-5-9-16/h3,6-7,10-11,16,18,22H,1-2,4-5,8-9,12-15H2/t18-,19+/m0/s1. The largest absolute Gasteiger partial charge is 0.389 e. The summed E-state index contributed by atoms with van der Waals surface area (Å²) in [4.78, 5) is 2.35. The molecule has 5 nitrogen and oxygen atoms in total. The molecule has 0 amide bonds. The van der Waals surface area contributed by atoms with Crippen LogP contribution in [0.25, 0.3) is 0 Å². The van der Waals surface area contributed by atoms with Crippen LogP contribution in [0.3, 0.4) is 0 Å². The van der Waals surface area contributed by atoms with Crippen LogP contribution in [0, 0.1) is 0 Å². The second-order valence-electron chi connectivity index (χ2n) is 7.82. The molecule has 2 heterocycles. The number of sulfonamides is 1. The Labute approximate surface area is 150 Å². The van der Waals surface area contributed by atoms with Crippen LogP contribution in [0.2, 0.25) is 0 Å². The number of para-hydroxylation sites is 1. The number of likely N-dealkylation sites (tertiary alicyclic amines) is 1. The van der Waals surface area contributed by atoms with Gasteiger partial charge in [-0.1, -0.05) is 43.9 Å². The van der Waals surface area contributed by atoms with E-state index in [0.717, 1.165) is 19.4 Å². The third kappa shape index (κ3) is 2.78. The highest BCUT2D eigenvalue weighted by Gasteiger charge is 2.62. The van der Waals surface area contributed by atoms with E-state index < -0.39 is 20.9 Å². The van der Waals surface area contributed by atoms with E-state index in [-0.39, 0.29) is 6.54 Å². The Kier molecular flexibility index (Phi) is 4.54. The highest BCUT2D eigenvalue weighted by atomic mass is 32.2. The average molecular weight is 365 g/mol. The van der Waals surface area contributed by atoms with E-state index in [1.165, 1.54) is 30.0 Å². The third-order valence-corrected chi connectivity index (χ3v) is 9.00. The number of aliphatic hydroxyl groups is 1. The van der Waals surface area contributed by atoms with Gasteiger partial charge in [-0.05, 0) is 31.4 Å². The first-order chi connectivity index (χ1) is 12.0. The van der Waals surface area contributed by atoms with Gasteiger partial charge in [0.1, 0.15) is 4.75 Å². The quantitative estimate of drug-likeness (QED) is 0.819. The maximum absolute atomic E-state index is 13.4. The lowest BCUT2D eigenvalue weighted by Crippen LogP contribution is -2.49. The summed E-state index contributed by atoms with van der Waals surface area (Å²) in [6.45, 7) is 1.43. The zero-order chi connectivity index (χ0) is 17.5. The second kappa shape index (κ2) is 6.56. The van der Waals surface area contributed by atoms with Gasteiger partial charge in [-0.2, -0.15) is 0 Å². The molecule has 2 aliphatic heterocycles. The van der Waals surface area contributed by atoms with Crippen molar-refractivity contribution in [2.45, 2.75) is 61.8 Å². The maximum atomic E-state index is 13.4. The number of hydrogen-bond donors (Lipinski definition) is 1. The molecule has 1 aliphatic carbocycles. The zero-order valence-corrected chi connectivity index (χ0v) is 15.5. The normalized spacial score (nSPS) is 33.8. The molecule has 3 aliphatic rings. The Morgan fingerprint density at radius 3 is 2.40 bits per heavy atom. The van der Waals surface area contributed by atoms with Gasteiger partial charge in [0, 0.05) is 19.1 Å². The van der Waals surface area contributed by atoms with Crippen LogP contribution in [0.5, 0.6) is 0 Å². The maximum Gasteiger partial charge on any atom is 0.244 e. The monoisotopic (exact) mass is 364 g/mol. The fourth-order valence-electron chi connectivity index (χ4n) is 4.90. The van der Waals surface area contributed by atoms with Crippen LogP contribution in [-0.2, 0) is 10.0 Å². The SMILES string of the molecule is O=S1(=O)N(c2ccccc2)C[C@H](O)[C@]12CCN(C1CCCCCC1)C2. The van der Waals surface area contributed by atoms with Crippen molar-refractivity contribution in [3.8, 4) is 0 Å². The molecule has 3 fully saturated rings. The van der Waals surface area contributed by atoms with Crippen molar-refractivity contribution >= 4 is 15.7 Å². The first-order valence-corrected chi connectivity index (χ1v) is 11.0. The molecule has 1 aromatic carbocycles. The second-order valence-corrected chi connectivity index (χ2v) is 10.0. The smallest absolute Gasteiger partial charge is 0.244 e. The molecule has 6 heteroatoms. The molecule has 4 rings (SSSR count). The summed E-state index contributed by atoms with van der Waals surface area (Å²) in [5, 5.41) is 10.8. The zero-order valence-electron chi connectivity index (χ0n) is 14.7. The third-order valence-electron chi connectivity index (χ3n) is 6.43. The fraction of sp³-hybridized carbons (Fsp3) is 0.684. The molecule has 0 unspecified atom stereocenters. The molecule has 2 saturated heterocycles. The number of rotatable bonds is 2. The first-order valence-electron chi connectivity index (χ1n) is 9.54. The predicted molar refractivity (Wildman–Crippen MR) is 99.1 cm³/mol. The average Bonchev–Trinajstić information content (AvgIpc) is 3.01. The molecule has 1 aromatic rings. The summed E-state index contributed by atoms with van der Waals surface area (Å²) in [6.07, 6.45) is 7.09. The van der Waals surface area contributed by atoms with Gasteiger partial charge in [0.2, 0.25) is 10.0 Å². The van der Waals surface area contributed by atoms with Crippen molar-refractivity contribution in [2.24, 2.45) is 0 Å². The Morgan fingerprint density at radius 1 is 1.04 bits per heavy atom. The van der Waals surface area contributed by atoms with Crippen molar-refractivity contribution in [2.75, 3.05) is 23.9 Å². The Bertz CT molecular complexity index is 701. The topological polar surface area (TPSA) is 60.9 Å².